The molecule has 0 heterocycles. The van der Waals surface area contributed by atoms with Gasteiger partial charge in [-0.05, 0) is 63.2 Å². The summed E-state index contributed by atoms with van der Waals surface area (Å²) in [5.41, 5.74) is 0. The van der Waals surface area contributed by atoms with Crippen LogP contribution < -0.4 is 0 Å². The van der Waals surface area contributed by atoms with Crippen LogP contribution in [0.5, 0.6) is 0 Å². The van der Waals surface area contributed by atoms with E-state index >= 15 is 0 Å². The molecule has 0 saturated heterocycles. The predicted octanol–water partition coefficient (Wildman–Crippen LogP) is 20.7. The van der Waals surface area contributed by atoms with Gasteiger partial charge in [0.1, 0.15) is 19.3 Å². The molecule has 0 aliphatic heterocycles. The number of allylic oxidation sites excluding steroid dienone is 4. The average molecular weight is 1350 g/mol. The van der Waals surface area contributed by atoms with E-state index < -0.39 is 97.5 Å². The van der Waals surface area contributed by atoms with Gasteiger partial charge in [0.15, 0.2) is 12.2 Å². The van der Waals surface area contributed by atoms with Crippen LogP contribution in [0.2, 0.25) is 0 Å². The number of hydrogen-bond donors (Lipinski definition) is 3. The summed E-state index contributed by atoms with van der Waals surface area (Å²) in [4.78, 5) is 72.7. The Morgan fingerprint density at radius 2 is 0.641 bits per heavy atom. The summed E-state index contributed by atoms with van der Waals surface area (Å²) in [5.74, 6) is -0.627. The fourth-order valence-corrected chi connectivity index (χ4v) is 12.1. The van der Waals surface area contributed by atoms with E-state index in [1.807, 2.05) is 0 Å². The van der Waals surface area contributed by atoms with Crippen molar-refractivity contribution in [3.63, 3.8) is 0 Å². The van der Waals surface area contributed by atoms with Gasteiger partial charge in [0, 0.05) is 25.7 Å². The van der Waals surface area contributed by atoms with Crippen molar-refractivity contribution in [1.82, 2.24) is 0 Å². The maximum Gasteiger partial charge on any atom is 0.472 e. The molecule has 3 unspecified atom stereocenters. The molecule has 0 radical (unpaired) electrons. The minimum absolute atomic E-state index is 0.0847. The molecule has 0 aliphatic rings. The minimum atomic E-state index is -4.96. The van der Waals surface area contributed by atoms with E-state index in [9.17, 15) is 43.2 Å². The Morgan fingerprint density at radius 1 is 0.359 bits per heavy atom. The summed E-state index contributed by atoms with van der Waals surface area (Å²) in [6, 6.07) is 0. The first-order valence-corrected chi connectivity index (χ1v) is 40.3. The first-order valence-electron chi connectivity index (χ1n) is 37.3. The number of phosphoric acid groups is 2. The van der Waals surface area contributed by atoms with Crippen LogP contribution in [0.15, 0.2) is 24.3 Å². The SMILES string of the molecule is CCCCCC/C=C\C=C/CCCCCCCC(=O)O[C@H](COC(=O)CCCCCCCCCCCCC(C)C)COP(=O)(O)OC[C@@H](O)COP(=O)(O)OC[C@@H](COC(=O)CCCCCCCCCCCCCC)OC(=O)CCCCCCCCCCC(C)CC. The van der Waals surface area contributed by atoms with Crippen molar-refractivity contribution in [3.05, 3.63) is 24.3 Å². The largest absolute Gasteiger partial charge is 0.472 e. The Bertz CT molecular complexity index is 1880. The van der Waals surface area contributed by atoms with Crippen molar-refractivity contribution in [2.45, 2.75) is 368 Å². The lowest BCUT2D eigenvalue weighted by Crippen LogP contribution is -2.30. The minimum Gasteiger partial charge on any atom is -0.462 e. The molecule has 0 rings (SSSR count). The number of rotatable bonds is 70. The number of aliphatic hydroxyl groups excluding tert-OH is 1. The molecule has 0 aromatic carbocycles. The third-order valence-electron chi connectivity index (χ3n) is 16.7. The van der Waals surface area contributed by atoms with E-state index in [0.29, 0.717) is 25.7 Å². The summed E-state index contributed by atoms with van der Waals surface area (Å²) in [6.07, 6.45) is 53.4. The van der Waals surface area contributed by atoms with Gasteiger partial charge in [0.2, 0.25) is 0 Å². The van der Waals surface area contributed by atoms with Gasteiger partial charge in [0.25, 0.3) is 0 Å². The van der Waals surface area contributed by atoms with E-state index in [2.05, 4.69) is 65.8 Å². The third-order valence-corrected chi connectivity index (χ3v) is 18.6. The topological polar surface area (TPSA) is 237 Å². The third kappa shape index (κ3) is 64.9. The van der Waals surface area contributed by atoms with E-state index in [1.165, 1.54) is 154 Å². The molecular weight excluding hydrogens is 1210 g/mol. The monoisotopic (exact) mass is 1350 g/mol. The number of hydrogen-bond acceptors (Lipinski definition) is 15. The molecule has 0 spiro atoms. The molecule has 0 saturated carbocycles. The first-order chi connectivity index (χ1) is 44.4. The average Bonchev–Trinajstić information content (AvgIpc) is 1.92. The van der Waals surface area contributed by atoms with Crippen LogP contribution in [0, 0.1) is 11.8 Å². The van der Waals surface area contributed by atoms with Crippen LogP contribution >= 0.6 is 15.6 Å². The Labute approximate surface area is 561 Å². The van der Waals surface area contributed by atoms with E-state index in [4.69, 9.17) is 37.0 Å². The molecular formula is C73H138O17P2. The summed E-state index contributed by atoms with van der Waals surface area (Å²) >= 11 is 0. The van der Waals surface area contributed by atoms with Gasteiger partial charge >= 0.3 is 39.5 Å². The lowest BCUT2D eigenvalue weighted by Gasteiger charge is -2.21. The van der Waals surface area contributed by atoms with Crippen LogP contribution in [0.1, 0.15) is 350 Å². The lowest BCUT2D eigenvalue weighted by molar-refractivity contribution is -0.161. The van der Waals surface area contributed by atoms with Gasteiger partial charge in [-0.3, -0.25) is 37.3 Å². The molecule has 17 nitrogen and oxygen atoms in total. The second-order valence-corrected chi connectivity index (χ2v) is 29.3. The highest BCUT2D eigenvalue weighted by Crippen LogP contribution is 2.45. The number of aliphatic hydroxyl groups is 1. The van der Waals surface area contributed by atoms with Crippen LogP contribution in [-0.2, 0) is 65.4 Å². The van der Waals surface area contributed by atoms with Crippen molar-refractivity contribution in [2.75, 3.05) is 39.6 Å². The Kier molecular flexibility index (Phi) is 62.8. The second kappa shape index (κ2) is 64.5. The zero-order chi connectivity index (χ0) is 67.9. The normalized spacial score (nSPS) is 14.5. The van der Waals surface area contributed by atoms with Crippen molar-refractivity contribution in [3.8, 4) is 0 Å². The molecule has 0 aromatic rings. The number of phosphoric ester groups is 2. The Hall–Kier alpha value is -2.46. The van der Waals surface area contributed by atoms with Crippen LogP contribution in [-0.4, -0.2) is 96.7 Å². The highest BCUT2D eigenvalue weighted by atomic mass is 31.2. The van der Waals surface area contributed by atoms with Gasteiger partial charge in [-0.1, -0.05) is 297 Å². The predicted molar refractivity (Wildman–Crippen MR) is 372 cm³/mol. The maximum absolute atomic E-state index is 13.0. The second-order valence-electron chi connectivity index (χ2n) is 26.4. The van der Waals surface area contributed by atoms with Crippen molar-refractivity contribution >= 4 is 39.5 Å². The quantitative estimate of drug-likeness (QED) is 0.0169. The van der Waals surface area contributed by atoms with Crippen LogP contribution in [0.25, 0.3) is 0 Å². The zero-order valence-electron chi connectivity index (χ0n) is 59.3. The van der Waals surface area contributed by atoms with Crippen LogP contribution in [0.4, 0.5) is 0 Å². The van der Waals surface area contributed by atoms with Crippen LogP contribution in [0.3, 0.4) is 0 Å². The Morgan fingerprint density at radius 3 is 0.978 bits per heavy atom. The fourth-order valence-electron chi connectivity index (χ4n) is 10.5. The van der Waals surface area contributed by atoms with Gasteiger partial charge in [-0.15, -0.1) is 0 Å². The Balaban J connectivity index is 5.30. The first kappa shape index (κ1) is 89.5. The number of ether oxygens (including phenoxy) is 4. The molecule has 0 aliphatic carbocycles. The molecule has 0 aromatic heterocycles. The van der Waals surface area contributed by atoms with Gasteiger partial charge in [-0.2, -0.15) is 0 Å². The van der Waals surface area contributed by atoms with Gasteiger partial charge in [-0.25, -0.2) is 9.13 Å². The zero-order valence-corrected chi connectivity index (χ0v) is 61.1. The van der Waals surface area contributed by atoms with Gasteiger partial charge in [0.05, 0.1) is 26.4 Å². The highest BCUT2D eigenvalue weighted by Gasteiger charge is 2.30. The molecule has 542 valence electrons. The molecule has 19 heteroatoms. The smallest absolute Gasteiger partial charge is 0.462 e. The van der Waals surface area contributed by atoms with E-state index in [0.717, 1.165) is 115 Å². The molecule has 0 fully saturated rings. The summed E-state index contributed by atoms with van der Waals surface area (Å²) in [6.45, 7) is 9.49. The molecule has 3 N–H and O–H groups in total. The van der Waals surface area contributed by atoms with Crippen molar-refractivity contribution in [2.24, 2.45) is 11.8 Å². The molecule has 92 heavy (non-hydrogen) atoms. The van der Waals surface area contributed by atoms with Crippen molar-refractivity contribution < 1.29 is 80.2 Å². The standard InChI is InChI=1S/C73H138O17P2/c1-7-10-12-14-16-18-20-22-23-24-26-32-39-45-51-57-72(77)89-68(61-84-71(76)56-50-44-38-31-28-27-29-35-41-47-53-65(4)5)63-87-91(79,80)85-59-67(74)60-86-92(81,82)88-64-69(90-73(78)58-52-46-40-34-33-36-42-48-54-66(6)9-3)62-83-70(75)55-49-43-37-30-25-21-19-17-15-13-11-8-2/h18,20,22-23,65-69,74H,7-17,19,21,24-64H2,1-6H3,(H,79,80)(H,81,82)/b20-18-,23-22-/t66?,67-,68-,69-/m1/s1. The fraction of sp³-hybridized carbons (Fsp3) is 0.890. The molecule has 0 amide bonds. The summed E-state index contributed by atoms with van der Waals surface area (Å²) in [7, 11) is -9.92. The summed E-state index contributed by atoms with van der Waals surface area (Å²) in [5, 5.41) is 10.6. The lowest BCUT2D eigenvalue weighted by atomic mass is 9.99. The summed E-state index contributed by atoms with van der Waals surface area (Å²) < 4.78 is 68.4. The number of esters is 4. The number of carbonyl (C=O) groups is 4. The number of carbonyl (C=O) groups excluding carboxylic acids is 4. The van der Waals surface area contributed by atoms with Gasteiger partial charge < -0.3 is 33.8 Å². The maximum atomic E-state index is 13.0. The molecule has 0 bridgehead atoms. The van der Waals surface area contributed by atoms with E-state index in [1.54, 1.807) is 0 Å². The highest BCUT2D eigenvalue weighted by molar-refractivity contribution is 7.47. The van der Waals surface area contributed by atoms with E-state index in [-0.39, 0.29) is 25.7 Å². The molecule has 6 atom stereocenters. The van der Waals surface area contributed by atoms with Crippen molar-refractivity contribution in [1.29, 1.82) is 0 Å². The number of unbranched alkanes of at least 4 members (excludes halogenated alkanes) is 36.